The average Bonchev–Trinajstić information content (AvgIpc) is 3.23. The zero-order valence-electron chi connectivity index (χ0n) is 15.7. The van der Waals surface area contributed by atoms with Crippen LogP contribution in [-0.4, -0.2) is 23.3 Å². The largest absolute Gasteiger partial charge is 0.302 e. The standard InChI is InChI=1S/C20H21N3O3S2/c1-13(2)19(24)22-20-21-17-16(27-20)10-6-7-14-11-12-23(18(14)17)28(25,26)15-8-4-3-5-9-15/h3-5,8-9,11-13H,6-7,10H2,1-2H3,(H,21,22,24). The predicted octanol–water partition coefficient (Wildman–Crippen LogP) is 3.93. The van der Waals surface area contributed by atoms with Gasteiger partial charge in [0.05, 0.1) is 10.6 Å². The third-order valence-electron chi connectivity index (χ3n) is 4.76. The molecule has 2 aromatic heterocycles. The minimum absolute atomic E-state index is 0.101. The Kier molecular flexibility index (Phi) is 4.84. The second-order valence-electron chi connectivity index (χ2n) is 7.09. The Morgan fingerprint density at radius 2 is 1.93 bits per heavy atom. The number of benzene rings is 1. The topological polar surface area (TPSA) is 81.1 Å². The fraction of sp³-hybridized carbons (Fsp3) is 0.300. The summed E-state index contributed by atoms with van der Waals surface area (Å²) >= 11 is 1.43. The van der Waals surface area contributed by atoms with Crippen LogP contribution in [0, 0.1) is 5.92 Å². The van der Waals surface area contributed by atoms with Crippen LogP contribution in [0.5, 0.6) is 0 Å². The predicted molar refractivity (Wildman–Crippen MR) is 110 cm³/mol. The van der Waals surface area contributed by atoms with Gasteiger partial charge in [-0.2, -0.15) is 0 Å². The van der Waals surface area contributed by atoms with Crippen LogP contribution in [0.1, 0.15) is 30.7 Å². The molecule has 6 nitrogen and oxygen atoms in total. The molecule has 2 heterocycles. The lowest BCUT2D eigenvalue weighted by Crippen LogP contribution is -2.17. The van der Waals surface area contributed by atoms with E-state index in [1.165, 1.54) is 15.3 Å². The molecule has 1 aromatic carbocycles. The van der Waals surface area contributed by atoms with Gasteiger partial charge in [-0.05, 0) is 43.0 Å². The van der Waals surface area contributed by atoms with Crippen molar-refractivity contribution >= 4 is 32.4 Å². The maximum Gasteiger partial charge on any atom is 0.268 e. The molecule has 0 radical (unpaired) electrons. The monoisotopic (exact) mass is 415 g/mol. The molecule has 0 saturated heterocycles. The first kappa shape index (κ1) is 18.9. The smallest absolute Gasteiger partial charge is 0.268 e. The Hall–Kier alpha value is -2.45. The fourth-order valence-electron chi connectivity index (χ4n) is 3.27. The van der Waals surface area contributed by atoms with E-state index in [4.69, 9.17) is 0 Å². The molecule has 8 heteroatoms. The lowest BCUT2D eigenvalue weighted by atomic mass is 10.1. The number of aryl methyl sites for hydroxylation is 2. The average molecular weight is 416 g/mol. The molecule has 1 aliphatic rings. The Morgan fingerprint density at radius 1 is 1.18 bits per heavy atom. The second-order valence-corrected chi connectivity index (χ2v) is 9.99. The second kappa shape index (κ2) is 7.18. The Morgan fingerprint density at radius 3 is 2.64 bits per heavy atom. The van der Waals surface area contributed by atoms with Crippen molar-refractivity contribution in [2.75, 3.05) is 5.32 Å². The van der Waals surface area contributed by atoms with Crippen molar-refractivity contribution in [3.05, 3.63) is 53.0 Å². The maximum atomic E-state index is 13.2. The molecule has 1 amide bonds. The van der Waals surface area contributed by atoms with Crippen molar-refractivity contribution in [2.45, 2.75) is 38.0 Å². The minimum Gasteiger partial charge on any atom is -0.302 e. The number of fused-ring (bicyclic) bond motifs is 3. The van der Waals surface area contributed by atoms with Gasteiger partial charge in [0.2, 0.25) is 5.91 Å². The van der Waals surface area contributed by atoms with Crippen LogP contribution < -0.4 is 5.32 Å². The lowest BCUT2D eigenvalue weighted by molar-refractivity contribution is -0.118. The molecule has 4 rings (SSSR count). The van der Waals surface area contributed by atoms with Crippen molar-refractivity contribution in [1.82, 2.24) is 8.96 Å². The molecule has 0 spiro atoms. The van der Waals surface area contributed by atoms with Gasteiger partial charge >= 0.3 is 0 Å². The van der Waals surface area contributed by atoms with E-state index in [2.05, 4.69) is 10.3 Å². The van der Waals surface area contributed by atoms with Crippen LogP contribution >= 0.6 is 11.3 Å². The van der Waals surface area contributed by atoms with E-state index in [1.54, 1.807) is 36.5 Å². The molecule has 0 aliphatic heterocycles. The van der Waals surface area contributed by atoms with Gasteiger partial charge in [0.1, 0.15) is 5.69 Å². The summed E-state index contributed by atoms with van der Waals surface area (Å²) in [5.41, 5.74) is 2.23. The van der Waals surface area contributed by atoms with Gasteiger partial charge in [0, 0.05) is 17.0 Å². The van der Waals surface area contributed by atoms with Crippen LogP contribution in [0.3, 0.4) is 0 Å². The number of hydrogen-bond acceptors (Lipinski definition) is 5. The highest BCUT2D eigenvalue weighted by Crippen LogP contribution is 2.39. The molecule has 0 unspecified atom stereocenters. The molecular formula is C20H21N3O3S2. The highest BCUT2D eigenvalue weighted by Gasteiger charge is 2.28. The van der Waals surface area contributed by atoms with Gasteiger partial charge in [-0.3, -0.25) is 4.79 Å². The molecule has 0 bridgehead atoms. The molecule has 0 atom stereocenters. The van der Waals surface area contributed by atoms with E-state index in [0.29, 0.717) is 16.5 Å². The summed E-state index contributed by atoms with van der Waals surface area (Å²) in [5.74, 6) is -0.252. The summed E-state index contributed by atoms with van der Waals surface area (Å²) < 4.78 is 27.8. The number of aromatic nitrogens is 2. The molecule has 3 aromatic rings. The first-order valence-corrected chi connectivity index (χ1v) is 11.5. The van der Waals surface area contributed by atoms with Crippen molar-refractivity contribution in [1.29, 1.82) is 0 Å². The van der Waals surface area contributed by atoms with Crippen LogP contribution in [0.4, 0.5) is 5.13 Å². The first-order valence-electron chi connectivity index (χ1n) is 9.19. The van der Waals surface area contributed by atoms with Crippen molar-refractivity contribution in [3.63, 3.8) is 0 Å². The van der Waals surface area contributed by atoms with Gasteiger partial charge < -0.3 is 5.32 Å². The number of thiazole rings is 1. The molecule has 0 saturated carbocycles. The normalized spacial score (nSPS) is 13.7. The number of rotatable bonds is 4. The van der Waals surface area contributed by atoms with Gasteiger partial charge in [0.15, 0.2) is 5.13 Å². The number of anilines is 1. The zero-order valence-corrected chi connectivity index (χ0v) is 17.3. The number of amides is 1. The molecule has 0 fully saturated rings. The van der Waals surface area contributed by atoms with E-state index in [9.17, 15) is 13.2 Å². The number of carbonyl (C=O) groups is 1. The molecule has 28 heavy (non-hydrogen) atoms. The van der Waals surface area contributed by atoms with E-state index in [0.717, 1.165) is 29.7 Å². The quantitative estimate of drug-likeness (QED) is 0.700. The number of nitrogens with zero attached hydrogens (tertiary/aromatic N) is 2. The lowest BCUT2D eigenvalue weighted by Gasteiger charge is -2.11. The number of nitrogens with one attached hydrogen (secondary N) is 1. The van der Waals surface area contributed by atoms with E-state index >= 15 is 0 Å². The van der Waals surface area contributed by atoms with Gasteiger partial charge in [-0.25, -0.2) is 17.4 Å². The van der Waals surface area contributed by atoms with Crippen LogP contribution in [0.15, 0.2) is 47.5 Å². The highest BCUT2D eigenvalue weighted by molar-refractivity contribution is 7.90. The van der Waals surface area contributed by atoms with Crippen molar-refractivity contribution in [3.8, 4) is 11.4 Å². The first-order chi connectivity index (χ1) is 13.4. The molecule has 1 N–H and O–H groups in total. The Labute approximate surface area is 168 Å². The fourth-order valence-corrected chi connectivity index (χ4v) is 5.67. The highest BCUT2D eigenvalue weighted by atomic mass is 32.2. The van der Waals surface area contributed by atoms with E-state index < -0.39 is 10.0 Å². The number of hydrogen-bond donors (Lipinski definition) is 1. The summed E-state index contributed by atoms with van der Waals surface area (Å²) in [7, 11) is -3.73. The molecular weight excluding hydrogens is 394 g/mol. The summed E-state index contributed by atoms with van der Waals surface area (Å²) in [6.45, 7) is 3.65. The van der Waals surface area contributed by atoms with E-state index in [1.807, 2.05) is 19.9 Å². The summed E-state index contributed by atoms with van der Waals surface area (Å²) in [4.78, 5) is 17.9. The van der Waals surface area contributed by atoms with Gasteiger partial charge in [0.25, 0.3) is 10.0 Å². The summed E-state index contributed by atoms with van der Waals surface area (Å²) in [6, 6.07) is 10.3. The molecule has 1 aliphatic carbocycles. The third kappa shape index (κ3) is 3.27. The van der Waals surface area contributed by atoms with Crippen LogP contribution in [0.25, 0.3) is 11.4 Å². The van der Waals surface area contributed by atoms with Crippen molar-refractivity contribution < 1.29 is 13.2 Å². The van der Waals surface area contributed by atoms with Crippen molar-refractivity contribution in [2.24, 2.45) is 5.92 Å². The van der Waals surface area contributed by atoms with Crippen LogP contribution in [0.2, 0.25) is 0 Å². The maximum absolute atomic E-state index is 13.2. The minimum atomic E-state index is -3.73. The molecule has 146 valence electrons. The van der Waals surface area contributed by atoms with Gasteiger partial charge in [-0.15, -0.1) is 11.3 Å². The summed E-state index contributed by atoms with van der Waals surface area (Å²) in [6.07, 6.45) is 4.12. The summed E-state index contributed by atoms with van der Waals surface area (Å²) in [5, 5.41) is 3.36. The Bertz CT molecular complexity index is 1130. The van der Waals surface area contributed by atoms with E-state index in [-0.39, 0.29) is 16.7 Å². The SMILES string of the molecule is CC(C)C(=O)Nc1nc2c(s1)CCCc1ccn(S(=O)(=O)c3ccccc3)c1-2. The van der Waals surface area contributed by atoms with Gasteiger partial charge in [-0.1, -0.05) is 32.0 Å². The number of carbonyl (C=O) groups excluding carboxylic acids is 1. The van der Waals surface area contributed by atoms with Crippen LogP contribution in [-0.2, 0) is 27.7 Å². The third-order valence-corrected chi connectivity index (χ3v) is 7.48. The zero-order chi connectivity index (χ0) is 19.9. The Balaban J connectivity index is 1.83.